The summed E-state index contributed by atoms with van der Waals surface area (Å²) in [5.41, 5.74) is 0. The molecular formula is C11H22N2O4. The Bertz CT molecular complexity index is 246. The summed E-state index contributed by atoms with van der Waals surface area (Å²) in [5, 5.41) is 11.5. The van der Waals surface area contributed by atoms with Gasteiger partial charge >= 0.3 is 5.97 Å². The van der Waals surface area contributed by atoms with Crippen molar-refractivity contribution in [2.75, 3.05) is 33.4 Å². The molecule has 0 spiro atoms. The lowest BCUT2D eigenvalue weighted by Gasteiger charge is -2.25. The number of carbonyl (C=O) groups is 2. The summed E-state index contributed by atoms with van der Waals surface area (Å²) in [6.45, 7) is 5.08. The Hall–Kier alpha value is -1.14. The van der Waals surface area contributed by atoms with Gasteiger partial charge in [0.05, 0.1) is 12.6 Å². The SMILES string of the molecule is CCN(CC(=O)O)C(C)C(=O)NCCCOC. The molecule has 0 saturated heterocycles. The number of nitrogens with zero attached hydrogens (tertiary/aromatic N) is 1. The maximum absolute atomic E-state index is 11.7. The van der Waals surface area contributed by atoms with Crippen molar-refractivity contribution >= 4 is 11.9 Å². The highest BCUT2D eigenvalue weighted by Crippen LogP contribution is 1.98. The Kier molecular flexibility index (Phi) is 8.35. The number of ether oxygens (including phenoxy) is 1. The number of amides is 1. The van der Waals surface area contributed by atoms with E-state index in [1.54, 1.807) is 18.9 Å². The Balaban J connectivity index is 4.03. The second-order valence-corrected chi connectivity index (χ2v) is 3.77. The molecule has 1 amide bonds. The molecule has 0 aromatic heterocycles. The van der Waals surface area contributed by atoms with Crippen LogP contribution in [0.3, 0.4) is 0 Å². The van der Waals surface area contributed by atoms with E-state index in [0.717, 1.165) is 6.42 Å². The summed E-state index contributed by atoms with van der Waals surface area (Å²) in [5.74, 6) is -1.07. The van der Waals surface area contributed by atoms with Gasteiger partial charge < -0.3 is 15.2 Å². The molecule has 1 atom stereocenters. The Morgan fingerprint density at radius 2 is 2.12 bits per heavy atom. The lowest BCUT2D eigenvalue weighted by atomic mass is 10.2. The molecule has 6 heteroatoms. The maximum Gasteiger partial charge on any atom is 0.317 e. The van der Waals surface area contributed by atoms with Crippen LogP contribution in [0.2, 0.25) is 0 Å². The van der Waals surface area contributed by atoms with E-state index >= 15 is 0 Å². The zero-order chi connectivity index (χ0) is 13.3. The van der Waals surface area contributed by atoms with Gasteiger partial charge in [0.2, 0.25) is 5.91 Å². The molecule has 0 rings (SSSR count). The molecule has 0 saturated carbocycles. The van der Waals surface area contributed by atoms with Gasteiger partial charge in [-0.3, -0.25) is 14.5 Å². The average molecular weight is 246 g/mol. The number of hydrogen-bond donors (Lipinski definition) is 2. The quantitative estimate of drug-likeness (QED) is 0.557. The van der Waals surface area contributed by atoms with Crippen molar-refractivity contribution in [3.05, 3.63) is 0 Å². The fourth-order valence-corrected chi connectivity index (χ4v) is 1.44. The number of nitrogens with one attached hydrogen (secondary N) is 1. The average Bonchev–Trinajstić information content (AvgIpc) is 2.30. The first kappa shape index (κ1) is 15.9. The minimum atomic E-state index is -0.925. The number of likely N-dealkylation sites (N-methyl/N-ethyl adjacent to an activating group) is 1. The van der Waals surface area contributed by atoms with Gasteiger partial charge in [-0.15, -0.1) is 0 Å². The van der Waals surface area contributed by atoms with Gasteiger partial charge in [0, 0.05) is 20.3 Å². The number of carboxylic acids is 1. The van der Waals surface area contributed by atoms with Crippen LogP contribution >= 0.6 is 0 Å². The smallest absolute Gasteiger partial charge is 0.317 e. The predicted octanol–water partition coefficient (Wildman–Crippen LogP) is -0.0659. The molecule has 0 aliphatic rings. The number of aliphatic carboxylic acids is 1. The third-order valence-electron chi connectivity index (χ3n) is 2.50. The maximum atomic E-state index is 11.7. The largest absolute Gasteiger partial charge is 0.480 e. The molecule has 6 nitrogen and oxygen atoms in total. The van der Waals surface area contributed by atoms with Gasteiger partial charge in [-0.1, -0.05) is 6.92 Å². The van der Waals surface area contributed by atoms with Crippen molar-refractivity contribution in [2.24, 2.45) is 0 Å². The van der Waals surface area contributed by atoms with E-state index in [1.807, 2.05) is 6.92 Å². The summed E-state index contributed by atoms with van der Waals surface area (Å²) in [4.78, 5) is 23.9. The van der Waals surface area contributed by atoms with Crippen LogP contribution in [-0.2, 0) is 14.3 Å². The van der Waals surface area contributed by atoms with Crippen LogP contribution in [0.15, 0.2) is 0 Å². The van der Waals surface area contributed by atoms with E-state index in [1.165, 1.54) is 0 Å². The molecule has 0 bridgehead atoms. The number of methoxy groups -OCH3 is 1. The van der Waals surface area contributed by atoms with Gasteiger partial charge in [-0.2, -0.15) is 0 Å². The topological polar surface area (TPSA) is 78.9 Å². The summed E-state index contributed by atoms with van der Waals surface area (Å²) in [7, 11) is 1.61. The summed E-state index contributed by atoms with van der Waals surface area (Å²) < 4.78 is 4.87. The van der Waals surface area contributed by atoms with Crippen molar-refractivity contribution in [3.63, 3.8) is 0 Å². The minimum absolute atomic E-state index is 0.122. The van der Waals surface area contributed by atoms with Crippen LogP contribution in [0, 0.1) is 0 Å². The van der Waals surface area contributed by atoms with Crippen molar-refractivity contribution in [1.82, 2.24) is 10.2 Å². The molecule has 0 aromatic carbocycles. The molecule has 0 radical (unpaired) electrons. The molecule has 2 N–H and O–H groups in total. The Morgan fingerprint density at radius 3 is 2.59 bits per heavy atom. The first-order valence-electron chi connectivity index (χ1n) is 5.75. The second-order valence-electron chi connectivity index (χ2n) is 3.77. The first-order valence-corrected chi connectivity index (χ1v) is 5.75. The lowest BCUT2D eigenvalue weighted by Crippen LogP contribution is -2.47. The number of hydrogen-bond acceptors (Lipinski definition) is 4. The monoisotopic (exact) mass is 246 g/mol. The van der Waals surface area contributed by atoms with Gasteiger partial charge in [0.1, 0.15) is 0 Å². The van der Waals surface area contributed by atoms with Gasteiger partial charge in [-0.05, 0) is 19.9 Å². The molecule has 17 heavy (non-hydrogen) atoms. The van der Waals surface area contributed by atoms with Crippen LogP contribution in [0.5, 0.6) is 0 Å². The second kappa shape index (κ2) is 8.95. The van der Waals surface area contributed by atoms with Gasteiger partial charge in [-0.25, -0.2) is 0 Å². The Labute approximate surface area is 102 Å². The molecule has 100 valence electrons. The zero-order valence-electron chi connectivity index (χ0n) is 10.7. The van der Waals surface area contributed by atoms with Crippen molar-refractivity contribution in [2.45, 2.75) is 26.3 Å². The van der Waals surface area contributed by atoms with E-state index in [0.29, 0.717) is 19.7 Å². The third-order valence-corrected chi connectivity index (χ3v) is 2.50. The normalized spacial score (nSPS) is 12.5. The molecule has 1 unspecified atom stereocenters. The molecule has 0 aromatic rings. The molecule has 0 heterocycles. The van der Waals surface area contributed by atoms with Crippen molar-refractivity contribution < 1.29 is 19.4 Å². The van der Waals surface area contributed by atoms with Gasteiger partial charge in [0.15, 0.2) is 0 Å². The summed E-state index contributed by atoms with van der Waals surface area (Å²) in [6.07, 6.45) is 0.750. The number of carboxylic acid groups (broad SMARTS) is 1. The van der Waals surface area contributed by atoms with Crippen LogP contribution < -0.4 is 5.32 Å². The van der Waals surface area contributed by atoms with Crippen molar-refractivity contribution in [1.29, 1.82) is 0 Å². The lowest BCUT2D eigenvalue weighted by molar-refractivity contribution is -0.139. The number of carbonyl (C=O) groups excluding carboxylic acids is 1. The predicted molar refractivity (Wildman–Crippen MR) is 63.8 cm³/mol. The van der Waals surface area contributed by atoms with Gasteiger partial charge in [0.25, 0.3) is 0 Å². The summed E-state index contributed by atoms with van der Waals surface area (Å²) >= 11 is 0. The van der Waals surface area contributed by atoms with Crippen LogP contribution in [0.25, 0.3) is 0 Å². The van der Waals surface area contributed by atoms with E-state index in [2.05, 4.69) is 5.32 Å². The fourth-order valence-electron chi connectivity index (χ4n) is 1.44. The highest BCUT2D eigenvalue weighted by Gasteiger charge is 2.21. The standard InChI is InChI=1S/C11H22N2O4/c1-4-13(8-10(14)15)9(2)11(16)12-6-5-7-17-3/h9H,4-8H2,1-3H3,(H,12,16)(H,14,15). The van der Waals surface area contributed by atoms with E-state index in [9.17, 15) is 9.59 Å². The van der Waals surface area contributed by atoms with E-state index in [-0.39, 0.29) is 12.5 Å². The minimum Gasteiger partial charge on any atom is -0.480 e. The molecule has 0 fully saturated rings. The zero-order valence-corrected chi connectivity index (χ0v) is 10.7. The van der Waals surface area contributed by atoms with Crippen LogP contribution in [0.4, 0.5) is 0 Å². The highest BCUT2D eigenvalue weighted by molar-refractivity contribution is 5.82. The third kappa shape index (κ3) is 6.91. The first-order chi connectivity index (χ1) is 8.02. The Morgan fingerprint density at radius 1 is 1.47 bits per heavy atom. The van der Waals surface area contributed by atoms with Crippen LogP contribution in [0.1, 0.15) is 20.3 Å². The molecule has 0 aliphatic heterocycles. The highest BCUT2D eigenvalue weighted by atomic mass is 16.5. The molecule has 0 aliphatic carbocycles. The van der Waals surface area contributed by atoms with Crippen LogP contribution in [-0.4, -0.2) is 61.3 Å². The number of rotatable bonds is 9. The molecular weight excluding hydrogens is 224 g/mol. The summed E-state index contributed by atoms with van der Waals surface area (Å²) in [6, 6.07) is -0.432. The van der Waals surface area contributed by atoms with E-state index < -0.39 is 12.0 Å². The fraction of sp³-hybridized carbons (Fsp3) is 0.818. The van der Waals surface area contributed by atoms with E-state index in [4.69, 9.17) is 9.84 Å². The van der Waals surface area contributed by atoms with Crippen molar-refractivity contribution in [3.8, 4) is 0 Å².